The number of aliphatic hydroxyl groups is 1. The predicted molar refractivity (Wildman–Crippen MR) is 56.8 cm³/mol. The number of aliphatic hydroxyl groups excluding tert-OH is 1. The quantitative estimate of drug-likeness (QED) is 0.712. The molecule has 0 saturated carbocycles. The molecule has 1 N–H and O–H groups in total. The van der Waals surface area contributed by atoms with Crippen LogP contribution in [0.15, 0.2) is 0 Å². The zero-order valence-electron chi connectivity index (χ0n) is 8.26. The first-order chi connectivity index (χ1) is 5.56. The fourth-order valence-corrected chi connectivity index (χ4v) is 1.28. The van der Waals surface area contributed by atoms with E-state index < -0.39 is 0 Å². The van der Waals surface area contributed by atoms with Gasteiger partial charge < -0.3 is 10.0 Å². The van der Waals surface area contributed by atoms with Crippen LogP contribution >= 0.6 is 15.9 Å². The van der Waals surface area contributed by atoms with Crippen molar-refractivity contribution in [1.82, 2.24) is 4.90 Å². The zero-order chi connectivity index (χ0) is 9.56. The summed E-state index contributed by atoms with van der Waals surface area (Å²) in [5, 5.41) is 10.1. The molecule has 12 heavy (non-hydrogen) atoms. The van der Waals surface area contributed by atoms with Crippen LogP contribution in [0.1, 0.15) is 20.3 Å². The summed E-state index contributed by atoms with van der Waals surface area (Å²) in [6, 6.07) is 0. The Morgan fingerprint density at radius 2 is 2.00 bits per heavy atom. The summed E-state index contributed by atoms with van der Waals surface area (Å²) in [7, 11) is 2.10. The molecule has 3 heteroatoms. The molecule has 0 saturated heterocycles. The topological polar surface area (TPSA) is 23.5 Å². The van der Waals surface area contributed by atoms with Crippen LogP contribution < -0.4 is 0 Å². The smallest absolute Gasteiger partial charge is 0.0524 e. The highest BCUT2D eigenvalue weighted by Crippen LogP contribution is 2.03. The van der Waals surface area contributed by atoms with Gasteiger partial charge >= 0.3 is 0 Å². The van der Waals surface area contributed by atoms with E-state index in [1.54, 1.807) is 0 Å². The van der Waals surface area contributed by atoms with E-state index in [9.17, 15) is 0 Å². The number of halogens is 1. The van der Waals surface area contributed by atoms with Crippen molar-refractivity contribution < 1.29 is 5.11 Å². The Hall–Kier alpha value is 0.400. The molecule has 2 nitrogen and oxygen atoms in total. The Kier molecular flexibility index (Phi) is 7.10. The van der Waals surface area contributed by atoms with Gasteiger partial charge in [0.2, 0.25) is 0 Å². The molecule has 0 bridgehead atoms. The van der Waals surface area contributed by atoms with Crippen LogP contribution in [-0.4, -0.2) is 41.6 Å². The minimum Gasteiger partial charge on any atom is -0.393 e. The average Bonchev–Trinajstić information content (AvgIpc) is 2.00. The van der Waals surface area contributed by atoms with Gasteiger partial charge in [-0.3, -0.25) is 0 Å². The molecule has 0 aromatic rings. The summed E-state index contributed by atoms with van der Waals surface area (Å²) in [6.45, 7) is 6.13. The molecule has 0 aliphatic heterocycles. The van der Waals surface area contributed by atoms with Gasteiger partial charge in [-0.05, 0) is 26.3 Å². The standard InChI is InChI=1S/C9H20BrNO/c1-8(6-10)7-11(3)5-4-9(2)12/h8-9,12H,4-7H2,1-3H3. The van der Waals surface area contributed by atoms with Crippen molar-refractivity contribution in [3.63, 3.8) is 0 Å². The van der Waals surface area contributed by atoms with Crippen LogP contribution in [-0.2, 0) is 0 Å². The number of hydrogen-bond acceptors (Lipinski definition) is 2. The Labute approximate surface area is 84.1 Å². The lowest BCUT2D eigenvalue weighted by Gasteiger charge is -2.20. The Morgan fingerprint density at radius 3 is 2.42 bits per heavy atom. The Bertz CT molecular complexity index is 109. The van der Waals surface area contributed by atoms with Crippen LogP contribution in [0.5, 0.6) is 0 Å². The van der Waals surface area contributed by atoms with Crippen LogP contribution in [0, 0.1) is 5.92 Å². The van der Waals surface area contributed by atoms with Gasteiger partial charge in [0.25, 0.3) is 0 Å². The predicted octanol–water partition coefficient (Wildman–Crippen LogP) is 1.72. The van der Waals surface area contributed by atoms with Gasteiger partial charge in [0.1, 0.15) is 0 Å². The van der Waals surface area contributed by atoms with E-state index in [0.717, 1.165) is 24.8 Å². The molecule has 0 aliphatic rings. The third-order valence-electron chi connectivity index (χ3n) is 1.82. The molecule has 0 heterocycles. The van der Waals surface area contributed by atoms with Crippen molar-refractivity contribution in [1.29, 1.82) is 0 Å². The lowest BCUT2D eigenvalue weighted by Crippen LogP contribution is -2.27. The summed E-state index contributed by atoms with van der Waals surface area (Å²) in [5.41, 5.74) is 0. The van der Waals surface area contributed by atoms with E-state index in [0.29, 0.717) is 5.92 Å². The van der Waals surface area contributed by atoms with Crippen LogP contribution in [0.4, 0.5) is 0 Å². The second-order valence-electron chi connectivity index (χ2n) is 3.66. The molecule has 2 atom stereocenters. The normalized spacial score (nSPS) is 16.5. The van der Waals surface area contributed by atoms with Crippen molar-refractivity contribution in [3.8, 4) is 0 Å². The monoisotopic (exact) mass is 237 g/mol. The molecule has 0 fully saturated rings. The van der Waals surface area contributed by atoms with Crippen molar-refractivity contribution >= 4 is 15.9 Å². The lowest BCUT2D eigenvalue weighted by molar-refractivity contribution is 0.161. The minimum atomic E-state index is -0.174. The van der Waals surface area contributed by atoms with E-state index in [-0.39, 0.29) is 6.10 Å². The second kappa shape index (κ2) is 6.87. The van der Waals surface area contributed by atoms with Crippen molar-refractivity contribution in [2.24, 2.45) is 5.92 Å². The summed E-state index contributed by atoms with van der Waals surface area (Å²) in [4.78, 5) is 2.26. The molecule has 0 amide bonds. The molecule has 0 radical (unpaired) electrons. The van der Waals surface area contributed by atoms with Crippen LogP contribution in [0.25, 0.3) is 0 Å². The van der Waals surface area contributed by atoms with E-state index >= 15 is 0 Å². The lowest BCUT2D eigenvalue weighted by atomic mass is 10.2. The SMILES string of the molecule is CC(O)CCN(C)CC(C)CBr. The first-order valence-corrected chi connectivity index (χ1v) is 5.61. The highest BCUT2D eigenvalue weighted by Gasteiger charge is 2.05. The van der Waals surface area contributed by atoms with Gasteiger partial charge in [-0.1, -0.05) is 22.9 Å². The van der Waals surface area contributed by atoms with Crippen LogP contribution in [0.3, 0.4) is 0 Å². The number of nitrogens with zero attached hydrogens (tertiary/aromatic N) is 1. The highest BCUT2D eigenvalue weighted by molar-refractivity contribution is 9.09. The summed E-state index contributed by atoms with van der Waals surface area (Å²) in [5.74, 6) is 0.684. The summed E-state index contributed by atoms with van der Waals surface area (Å²) < 4.78 is 0. The number of hydrogen-bond donors (Lipinski definition) is 1. The molecule has 0 aromatic carbocycles. The molecule has 2 unspecified atom stereocenters. The number of rotatable bonds is 6. The fourth-order valence-electron chi connectivity index (χ4n) is 1.08. The third-order valence-corrected chi connectivity index (χ3v) is 2.92. The van der Waals surface area contributed by atoms with Crippen molar-refractivity contribution in [2.45, 2.75) is 26.4 Å². The molecule has 74 valence electrons. The van der Waals surface area contributed by atoms with Gasteiger partial charge in [-0.2, -0.15) is 0 Å². The largest absolute Gasteiger partial charge is 0.393 e. The number of alkyl halides is 1. The van der Waals surface area contributed by atoms with Crippen LogP contribution in [0.2, 0.25) is 0 Å². The third kappa shape index (κ3) is 7.07. The molecule has 0 aromatic heterocycles. The summed E-state index contributed by atoms with van der Waals surface area (Å²) in [6.07, 6.45) is 0.692. The van der Waals surface area contributed by atoms with E-state index in [4.69, 9.17) is 5.11 Å². The molecule has 0 rings (SSSR count). The second-order valence-corrected chi connectivity index (χ2v) is 4.31. The Morgan fingerprint density at radius 1 is 1.42 bits per heavy atom. The fraction of sp³-hybridized carbons (Fsp3) is 1.00. The average molecular weight is 238 g/mol. The Balaban J connectivity index is 3.39. The van der Waals surface area contributed by atoms with Crippen molar-refractivity contribution in [2.75, 3.05) is 25.5 Å². The molecule has 0 spiro atoms. The maximum atomic E-state index is 9.06. The van der Waals surface area contributed by atoms with E-state index in [1.165, 1.54) is 0 Å². The van der Waals surface area contributed by atoms with E-state index in [1.807, 2.05) is 6.92 Å². The summed E-state index contributed by atoms with van der Waals surface area (Å²) >= 11 is 3.45. The first-order valence-electron chi connectivity index (χ1n) is 4.48. The molecule has 0 aliphatic carbocycles. The molecular weight excluding hydrogens is 218 g/mol. The van der Waals surface area contributed by atoms with Crippen molar-refractivity contribution in [3.05, 3.63) is 0 Å². The molecular formula is C9H20BrNO. The van der Waals surface area contributed by atoms with Gasteiger partial charge in [0.05, 0.1) is 6.10 Å². The first kappa shape index (κ1) is 12.4. The zero-order valence-corrected chi connectivity index (χ0v) is 9.84. The van der Waals surface area contributed by atoms with Gasteiger partial charge in [0, 0.05) is 18.4 Å². The minimum absolute atomic E-state index is 0.174. The van der Waals surface area contributed by atoms with Gasteiger partial charge in [0.15, 0.2) is 0 Å². The maximum Gasteiger partial charge on any atom is 0.0524 e. The maximum absolute atomic E-state index is 9.06. The highest BCUT2D eigenvalue weighted by atomic mass is 79.9. The van der Waals surface area contributed by atoms with Gasteiger partial charge in [-0.25, -0.2) is 0 Å². The van der Waals surface area contributed by atoms with E-state index in [2.05, 4.69) is 34.8 Å². The van der Waals surface area contributed by atoms with Gasteiger partial charge in [-0.15, -0.1) is 0 Å².